The molecule has 5 N–H and O–H groups in total. The van der Waals surface area contributed by atoms with Crippen LogP contribution in [0, 0.1) is 77.9 Å². The summed E-state index contributed by atoms with van der Waals surface area (Å²) in [4.78, 5) is 90.3. The predicted molar refractivity (Wildman–Crippen MR) is 441 cm³/mol. The molecule has 0 saturated carbocycles. The average Bonchev–Trinajstić information content (AvgIpc) is 1.13. The van der Waals surface area contributed by atoms with E-state index in [0.29, 0.717) is 45.0 Å². The number of aromatic nitrogens is 11. The maximum atomic E-state index is 13.1. The van der Waals surface area contributed by atoms with Crippen LogP contribution in [-0.4, -0.2) is 142 Å². The molecular weight excluding hydrogens is 1720 g/mol. The monoisotopic (exact) mass is 1810 g/mol. The molecule has 0 amide bonds. The number of ketones is 5. The highest BCUT2D eigenvalue weighted by Gasteiger charge is 2.42. The van der Waals surface area contributed by atoms with Gasteiger partial charge in [0.1, 0.15) is 56.3 Å². The first-order chi connectivity index (χ1) is 57.0. The highest BCUT2D eigenvalue weighted by Crippen LogP contribution is 2.40. The highest BCUT2D eigenvalue weighted by molar-refractivity contribution is 9.10. The molecule has 28 nitrogen and oxygen atoms in total. The largest absolute Gasteiger partial charge is 0.423 e. The lowest BCUT2D eigenvalue weighted by Gasteiger charge is -2.22. The number of nitro groups is 1. The third kappa shape index (κ3) is 28.9. The number of hydrogen-bond acceptors (Lipinski definition) is 19. The van der Waals surface area contributed by atoms with Gasteiger partial charge in [-0.2, -0.15) is 54.8 Å². The van der Waals surface area contributed by atoms with Crippen molar-refractivity contribution in [2.75, 3.05) is 0 Å². The third-order valence-electron chi connectivity index (χ3n) is 18.8. The third-order valence-corrected chi connectivity index (χ3v) is 20.0. The van der Waals surface area contributed by atoms with Gasteiger partial charge in [-0.05, 0) is 138 Å². The molecule has 0 bridgehead atoms. The van der Waals surface area contributed by atoms with Gasteiger partial charge in [0.2, 0.25) is 0 Å². The quantitative estimate of drug-likeness (QED) is 0.0145. The number of hydrogen-bond donors (Lipinski definition) is 5. The molecule has 0 aliphatic heterocycles. The van der Waals surface area contributed by atoms with Crippen molar-refractivity contribution in [2.45, 2.75) is 202 Å². The van der Waals surface area contributed by atoms with Gasteiger partial charge >= 0.3 is 18.5 Å². The Balaban J connectivity index is 0.000000277. The van der Waals surface area contributed by atoms with Crippen LogP contribution in [-0.2, 0) is 101 Å². The number of alkyl halides is 9. The Morgan fingerprint density at radius 2 is 0.847 bits per heavy atom. The first-order valence-corrected chi connectivity index (χ1v) is 37.9. The maximum Gasteiger partial charge on any atom is 0.423 e. The highest BCUT2D eigenvalue weighted by atomic mass is 79.9. The predicted octanol–water partition coefficient (Wildman–Crippen LogP) is 16.7. The minimum Gasteiger partial charge on any atom is -0.382 e. The smallest absolute Gasteiger partial charge is 0.382 e. The number of benzene rings is 4. The van der Waals surface area contributed by atoms with Crippen molar-refractivity contribution in [1.29, 1.82) is 0 Å². The fourth-order valence-corrected chi connectivity index (χ4v) is 11.9. The van der Waals surface area contributed by atoms with E-state index in [4.69, 9.17) is 37.9 Å². The summed E-state index contributed by atoms with van der Waals surface area (Å²) in [7, 11) is 0. The molecule has 6 aromatic heterocycles. The van der Waals surface area contributed by atoms with Crippen LogP contribution in [0.1, 0.15) is 133 Å². The number of aryl methyl sites for hydroxylation is 6. The van der Waals surface area contributed by atoms with E-state index in [2.05, 4.69) is 70.9 Å². The van der Waals surface area contributed by atoms with E-state index < -0.39 is 116 Å². The van der Waals surface area contributed by atoms with Gasteiger partial charge in [0.25, 0.3) is 17.3 Å². The number of Topliss-reactive ketones (excluding diaryl/α,β-unsaturated/α-hetero) is 5. The first kappa shape index (κ1) is 102. The number of pyridine rings is 2. The van der Waals surface area contributed by atoms with Crippen LogP contribution >= 0.6 is 27.5 Å². The van der Waals surface area contributed by atoms with E-state index >= 15 is 0 Å². The Bertz CT molecular complexity index is 5550. The summed E-state index contributed by atoms with van der Waals surface area (Å²) in [6, 6.07) is 21.8. The van der Waals surface area contributed by atoms with Gasteiger partial charge in [-0.3, -0.25) is 48.1 Å². The lowest BCUT2D eigenvalue weighted by Crippen LogP contribution is -2.41. The summed E-state index contributed by atoms with van der Waals surface area (Å²) in [5.74, 6) is -4.17. The topological polar surface area (TPSA) is 357 Å². The molecule has 124 heavy (non-hydrogen) atoms. The van der Waals surface area contributed by atoms with E-state index in [0.717, 1.165) is 74.6 Å². The van der Waals surface area contributed by atoms with Crippen LogP contribution in [0.3, 0.4) is 0 Å². The van der Waals surface area contributed by atoms with Crippen molar-refractivity contribution >= 4 is 85.1 Å². The normalized spacial score (nSPS) is 13.6. The Hall–Kier alpha value is -12.4. The molecule has 4 aromatic carbocycles. The van der Waals surface area contributed by atoms with E-state index in [9.17, 15) is 99.1 Å². The first-order valence-electron chi connectivity index (χ1n) is 36.8. The van der Waals surface area contributed by atoms with Gasteiger partial charge in [-0.15, -0.1) is 15.1 Å². The number of halogens is 11. The van der Waals surface area contributed by atoms with Gasteiger partial charge < -0.3 is 35.2 Å². The van der Waals surface area contributed by atoms with Crippen LogP contribution in [0.2, 0.25) is 5.15 Å². The van der Waals surface area contributed by atoms with Crippen LogP contribution in [0.4, 0.5) is 68.2 Å². The van der Waals surface area contributed by atoms with Gasteiger partial charge in [0.15, 0.2) is 45.4 Å². The second-order valence-corrected chi connectivity index (χ2v) is 31.0. The van der Waals surface area contributed by atoms with Gasteiger partial charge in [-0.1, -0.05) is 129 Å². The van der Waals surface area contributed by atoms with Crippen LogP contribution in [0.5, 0.6) is 0 Å². The Morgan fingerprint density at radius 3 is 1.20 bits per heavy atom. The molecule has 10 rings (SSSR count). The Kier molecular flexibility index (Phi) is 34.7. The summed E-state index contributed by atoms with van der Waals surface area (Å²) in [6.45, 7) is 46.8. The van der Waals surface area contributed by atoms with Crippen molar-refractivity contribution in [1.82, 2.24) is 54.3 Å². The van der Waals surface area contributed by atoms with E-state index in [1.54, 1.807) is 73.6 Å². The lowest BCUT2D eigenvalue weighted by molar-refractivity contribution is -0.388. The Labute approximate surface area is 720 Å². The van der Waals surface area contributed by atoms with Crippen LogP contribution < -0.4 is 0 Å². The molecule has 0 aliphatic rings. The zero-order valence-electron chi connectivity index (χ0n) is 68.2. The van der Waals surface area contributed by atoms with E-state index in [1.807, 2.05) is 65.0 Å². The fourth-order valence-electron chi connectivity index (χ4n) is 11.4. The minimum absolute atomic E-state index is 0. The van der Waals surface area contributed by atoms with Crippen LogP contribution in [0.25, 0.3) is 30.6 Å². The molecule has 0 radical (unpaired) electrons. The van der Waals surface area contributed by atoms with Crippen molar-refractivity contribution in [3.05, 3.63) is 278 Å². The molecule has 39 heteroatoms. The van der Waals surface area contributed by atoms with Crippen molar-refractivity contribution in [2.24, 2.45) is 0 Å². The zero-order chi connectivity index (χ0) is 92.5. The van der Waals surface area contributed by atoms with Crippen molar-refractivity contribution < 1.29 is 93.9 Å². The SMILES string of the molecule is C.Cc1cnn(C[C@](C)(O)C(=O)Cc2ccc([N+](=O)[O-])c(C(F)(F)F)c2)c1.[C-]#[N+]c1ccc(CC(=O)[C@@](C)(O)Cn2cc(C)c(Br)n2)cc1C.[C-]#[N+]c1ccc(CC(=O)[C@@](C)(O)Cn2cc(C)c(Cl)n2)cc1C.[C-]#[N+]c1ncc(CC(=O)[C@@](C)(O)CC)cc1C(F)(F)F.[C-]#[N+]c1ncc(CC(=O)[C@@](C)(O)Cn2cc(-c3ccc(C)cc3)nn2)cc1C(F)(F)F. The molecule has 0 fully saturated rings. The van der Waals surface area contributed by atoms with E-state index in [1.165, 1.54) is 54.9 Å². The second kappa shape index (κ2) is 42.1. The van der Waals surface area contributed by atoms with Gasteiger partial charge in [0, 0.05) is 84.6 Å². The molecular formula is C85H87BrClF9N16O12. The molecule has 0 aliphatic carbocycles. The standard InChI is InChI=1S/C21H18F3N5O2.C17H18BrN3O2.C17H18ClN3O2.C16H16F3N3O4.C13H13F3N2O2.CH4/c1-13-4-6-15(7-5-13)17-11-29(28-27-17)12-20(2,31)18(30)9-14-8-16(21(22,23)24)19(25-3)26-10-14;2*1-11-7-13(5-6-14(11)19-4)8-15(22)17(3,23)10-21-9-12(2)16(18)20-21;1-10-7-20-21(8-10)9-15(2,24)14(23)6-11-3-4-13(22(25)26)12(5-11)16(17,18)19;1-4-12(2,20)10(19)6-8-5-9(13(14,15)16)11(17-3)18-7-8;/h4-8,10-11,31H,9,12H2,1-2H3;2*5-7,9,23H,8,10H2,1-3H3;3-5,7-8,24H,6,9H2,1-2H3;5,7,20H,4,6H2,1-2H3;1H4/t20-;2*17-;15-;12-;/m00000./s1. The van der Waals surface area contributed by atoms with Gasteiger partial charge in [-0.25, -0.2) is 14.4 Å². The summed E-state index contributed by atoms with van der Waals surface area (Å²) in [5.41, 5.74) is -4.09. The Morgan fingerprint density at radius 1 is 0.468 bits per heavy atom. The molecule has 6 heterocycles. The number of rotatable bonds is 26. The fraction of sp³-hybridized carbons (Fsp3) is 0.365. The van der Waals surface area contributed by atoms with Crippen LogP contribution in [0.15, 0.2) is 139 Å². The molecule has 0 saturated heterocycles. The number of nitrogens with zero attached hydrogens (tertiary/aromatic N) is 16. The molecule has 656 valence electrons. The van der Waals surface area contributed by atoms with Gasteiger partial charge in [0.05, 0.1) is 67.8 Å². The molecule has 0 unspecified atom stereocenters. The number of nitro benzene ring substituents is 1. The minimum atomic E-state index is -4.93. The number of aliphatic hydroxyl groups is 5. The van der Waals surface area contributed by atoms with Crippen molar-refractivity contribution in [3.8, 4) is 11.3 Å². The molecule has 5 atom stereocenters. The summed E-state index contributed by atoms with van der Waals surface area (Å²) in [5, 5.41) is 82.9. The average molecular weight is 1810 g/mol. The summed E-state index contributed by atoms with van der Waals surface area (Å²) in [6.07, 6.45) is -5.14. The maximum absolute atomic E-state index is 13.1. The second-order valence-electron chi connectivity index (χ2n) is 29.9. The number of carbonyl (C=O) groups is 5. The molecule has 10 aromatic rings. The zero-order valence-corrected chi connectivity index (χ0v) is 70.5. The molecule has 0 spiro atoms. The summed E-state index contributed by atoms with van der Waals surface area (Å²) >= 11 is 9.20. The lowest BCUT2D eigenvalue weighted by atomic mass is 9.93. The number of carbonyl (C=O) groups excluding carboxylic acids is 5. The van der Waals surface area contributed by atoms with E-state index in [-0.39, 0.29) is 87.5 Å². The summed E-state index contributed by atoms with van der Waals surface area (Å²) < 4.78 is 123. The van der Waals surface area contributed by atoms with Crippen molar-refractivity contribution in [3.63, 3.8) is 0 Å².